The Balaban J connectivity index is 1.46. The SMILES string of the molecule is COc1ccc2nc(C(=O)NCCCOC(C)c3ccccc3)ccc2c1. The van der Waals surface area contributed by atoms with Crippen molar-refractivity contribution in [2.75, 3.05) is 20.3 Å². The van der Waals surface area contributed by atoms with Crippen molar-refractivity contribution in [3.05, 3.63) is 71.9 Å². The van der Waals surface area contributed by atoms with Gasteiger partial charge in [0.1, 0.15) is 11.4 Å². The van der Waals surface area contributed by atoms with Crippen molar-refractivity contribution in [3.63, 3.8) is 0 Å². The fraction of sp³-hybridized carbons (Fsp3) is 0.273. The van der Waals surface area contributed by atoms with E-state index in [1.165, 1.54) is 0 Å². The van der Waals surface area contributed by atoms with Crippen molar-refractivity contribution in [2.24, 2.45) is 0 Å². The van der Waals surface area contributed by atoms with Gasteiger partial charge in [-0.1, -0.05) is 36.4 Å². The van der Waals surface area contributed by atoms with E-state index >= 15 is 0 Å². The van der Waals surface area contributed by atoms with Crippen LogP contribution in [-0.4, -0.2) is 31.2 Å². The summed E-state index contributed by atoms with van der Waals surface area (Å²) < 4.78 is 11.0. The highest BCUT2D eigenvalue weighted by atomic mass is 16.5. The molecule has 1 unspecified atom stereocenters. The molecule has 2 aromatic carbocycles. The first-order valence-corrected chi connectivity index (χ1v) is 9.07. The Hall–Kier alpha value is -2.92. The number of aromatic nitrogens is 1. The predicted octanol–water partition coefficient (Wildman–Crippen LogP) is 4.14. The van der Waals surface area contributed by atoms with Gasteiger partial charge in [0.05, 0.1) is 18.7 Å². The van der Waals surface area contributed by atoms with E-state index in [1.54, 1.807) is 13.2 Å². The second-order valence-electron chi connectivity index (χ2n) is 6.29. The molecule has 1 amide bonds. The lowest BCUT2D eigenvalue weighted by Crippen LogP contribution is -2.26. The summed E-state index contributed by atoms with van der Waals surface area (Å²) in [5.41, 5.74) is 2.33. The maximum atomic E-state index is 12.3. The highest BCUT2D eigenvalue weighted by Gasteiger charge is 2.09. The van der Waals surface area contributed by atoms with Crippen LogP contribution in [0.15, 0.2) is 60.7 Å². The molecule has 3 aromatic rings. The van der Waals surface area contributed by atoms with Gasteiger partial charge in [0.15, 0.2) is 0 Å². The third-order valence-electron chi connectivity index (χ3n) is 4.37. The lowest BCUT2D eigenvalue weighted by atomic mass is 10.1. The van der Waals surface area contributed by atoms with Crippen molar-refractivity contribution in [1.29, 1.82) is 0 Å². The molecule has 0 radical (unpaired) electrons. The number of benzene rings is 2. The highest BCUT2D eigenvalue weighted by molar-refractivity contribution is 5.95. The molecule has 140 valence electrons. The van der Waals surface area contributed by atoms with E-state index in [1.807, 2.05) is 61.5 Å². The fourth-order valence-electron chi connectivity index (χ4n) is 2.80. The molecule has 1 aromatic heterocycles. The van der Waals surface area contributed by atoms with Gasteiger partial charge in [-0.3, -0.25) is 4.79 Å². The fourth-order valence-corrected chi connectivity index (χ4v) is 2.80. The minimum Gasteiger partial charge on any atom is -0.497 e. The maximum Gasteiger partial charge on any atom is 0.269 e. The van der Waals surface area contributed by atoms with Crippen molar-refractivity contribution in [3.8, 4) is 5.75 Å². The van der Waals surface area contributed by atoms with Crippen LogP contribution < -0.4 is 10.1 Å². The molecular weight excluding hydrogens is 340 g/mol. The number of ether oxygens (including phenoxy) is 2. The van der Waals surface area contributed by atoms with E-state index in [4.69, 9.17) is 9.47 Å². The van der Waals surface area contributed by atoms with Gasteiger partial charge in [-0.2, -0.15) is 0 Å². The van der Waals surface area contributed by atoms with Gasteiger partial charge in [-0.25, -0.2) is 4.98 Å². The van der Waals surface area contributed by atoms with Gasteiger partial charge in [-0.15, -0.1) is 0 Å². The molecule has 0 aliphatic rings. The van der Waals surface area contributed by atoms with E-state index < -0.39 is 0 Å². The zero-order valence-corrected chi connectivity index (χ0v) is 15.6. The van der Waals surface area contributed by atoms with Gasteiger partial charge in [-0.05, 0) is 43.2 Å². The number of carbonyl (C=O) groups excluding carboxylic acids is 1. The molecule has 0 spiro atoms. The van der Waals surface area contributed by atoms with Crippen LogP contribution in [0.2, 0.25) is 0 Å². The number of rotatable bonds is 8. The smallest absolute Gasteiger partial charge is 0.269 e. The summed E-state index contributed by atoms with van der Waals surface area (Å²) in [6.07, 6.45) is 0.786. The van der Waals surface area contributed by atoms with Gasteiger partial charge < -0.3 is 14.8 Å². The van der Waals surface area contributed by atoms with Crippen LogP contribution in [0.4, 0.5) is 0 Å². The number of fused-ring (bicyclic) bond motifs is 1. The topological polar surface area (TPSA) is 60.5 Å². The van der Waals surface area contributed by atoms with Gasteiger partial charge in [0, 0.05) is 18.5 Å². The number of hydrogen-bond donors (Lipinski definition) is 1. The average molecular weight is 364 g/mol. The molecule has 1 heterocycles. The molecule has 3 rings (SSSR count). The first-order chi connectivity index (χ1) is 13.2. The van der Waals surface area contributed by atoms with Crippen LogP contribution >= 0.6 is 0 Å². The number of hydrogen-bond acceptors (Lipinski definition) is 4. The van der Waals surface area contributed by atoms with E-state index in [2.05, 4.69) is 10.3 Å². The molecule has 5 heteroatoms. The minimum atomic E-state index is -0.177. The molecule has 0 fully saturated rings. The molecular formula is C22H24N2O3. The summed E-state index contributed by atoms with van der Waals surface area (Å²) in [5, 5.41) is 3.83. The molecule has 0 bridgehead atoms. The first-order valence-electron chi connectivity index (χ1n) is 9.07. The Morgan fingerprint density at radius 2 is 1.93 bits per heavy atom. The number of nitrogens with zero attached hydrogens (tertiary/aromatic N) is 1. The van der Waals surface area contributed by atoms with Crippen LogP contribution in [0.25, 0.3) is 10.9 Å². The lowest BCUT2D eigenvalue weighted by molar-refractivity contribution is 0.0634. The quantitative estimate of drug-likeness (QED) is 0.610. The Labute approximate surface area is 159 Å². The summed E-state index contributed by atoms with van der Waals surface area (Å²) in [4.78, 5) is 16.7. The molecule has 5 nitrogen and oxygen atoms in total. The number of carbonyl (C=O) groups is 1. The van der Waals surface area contributed by atoms with Gasteiger partial charge in [0.2, 0.25) is 0 Å². The zero-order chi connectivity index (χ0) is 19.1. The monoisotopic (exact) mass is 364 g/mol. The highest BCUT2D eigenvalue weighted by Crippen LogP contribution is 2.19. The van der Waals surface area contributed by atoms with Crippen LogP contribution in [0, 0.1) is 0 Å². The van der Waals surface area contributed by atoms with Gasteiger partial charge in [0.25, 0.3) is 5.91 Å². The second kappa shape index (κ2) is 9.14. The van der Waals surface area contributed by atoms with Gasteiger partial charge >= 0.3 is 0 Å². The summed E-state index contributed by atoms with van der Waals surface area (Å²) in [7, 11) is 1.63. The van der Waals surface area contributed by atoms with Crippen LogP contribution in [0.3, 0.4) is 0 Å². The third kappa shape index (κ3) is 5.05. The zero-order valence-electron chi connectivity index (χ0n) is 15.6. The van der Waals surface area contributed by atoms with E-state index in [0.29, 0.717) is 18.8 Å². The van der Waals surface area contributed by atoms with Crippen molar-refractivity contribution < 1.29 is 14.3 Å². The summed E-state index contributed by atoms with van der Waals surface area (Å²) >= 11 is 0. The third-order valence-corrected chi connectivity index (χ3v) is 4.37. The maximum absolute atomic E-state index is 12.3. The number of pyridine rings is 1. The van der Waals surface area contributed by atoms with Crippen molar-refractivity contribution in [1.82, 2.24) is 10.3 Å². The normalized spacial score (nSPS) is 11.9. The Bertz CT molecular complexity index is 896. The number of methoxy groups -OCH3 is 1. The molecule has 0 saturated heterocycles. The van der Waals surface area contributed by atoms with E-state index in [9.17, 15) is 4.79 Å². The Morgan fingerprint density at radius 3 is 2.70 bits per heavy atom. The Morgan fingerprint density at radius 1 is 1.11 bits per heavy atom. The largest absolute Gasteiger partial charge is 0.497 e. The van der Waals surface area contributed by atoms with Crippen LogP contribution in [-0.2, 0) is 4.74 Å². The second-order valence-corrected chi connectivity index (χ2v) is 6.29. The Kier molecular flexibility index (Phi) is 6.39. The number of amides is 1. The molecule has 1 atom stereocenters. The number of nitrogens with one attached hydrogen (secondary N) is 1. The van der Waals surface area contributed by atoms with Crippen molar-refractivity contribution in [2.45, 2.75) is 19.4 Å². The average Bonchev–Trinajstić information content (AvgIpc) is 2.73. The van der Waals surface area contributed by atoms with E-state index in [-0.39, 0.29) is 12.0 Å². The summed E-state index contributed by atoms with van der Waals surface area (Å²) in [6.45, 7) is 3.16. The minimum absolute atomic E-state index is 0.0426. The lowest BCUT2D eigenvalue weighted by Gasteiger charge is -2.13. The van der Waals surface area contributed by atoms with Crippen LogP contribution in [0.5, 0.6) is 5.75 Å². The van der Waals surface area contributed by atoms with Crippen molar-refractivity contribution >= 4 is 16.8 Å². The molecule has 0 aliphatic heterocycles. The van der Waals surface area contributed by atoms with E-state index in [0.717, 1.165) is 28.6 Å². The molecule has 0 saturated carbocycles. The molecule has 1 N–H and O–H groups in total. The first kappa shape index (κ1) is 18.9. The predicted molar refractivity (Wildman–Crippen MR) is 106 cm³/mol. The summed E-state index contributed by atoms with van der Waals surface area (Å²) in [5.74, 6) is 0.593. The van der Waals surface area contributed by atoms with Crippen LogP contribution in [0.1, 0.15) is 35.5 Å². The summed E-state index contributed by atoms with van der Waals surface area (Å²) in [6, 6.07) is 19.3. The molecule has 0 aliphatic carbocycles. The standard InChI is InChI=1S/C22H24N2O3/c1-16(17-7-4-3-5-8-17)27-14-6-13-23-22(25)21-11-9-18-15-19(26-2)10-12-20(18)24-21/h3-5,7-12,15-16H,6,13-14H2,1-2H3,(H,23,25). The molecule has 27 heavy (non-hydrogen) atoms.